The molecule has 6 nitrogen and oxygen atoms in total. The van der Waals surface area contributed by atoms with Gasteiger partial charge in [-0.1, -0.05) is 30.3 Å². The highest BCUT2D eigenvalue weighted by Gasteiger charge is 2.26. The lowest BCUT2D eigenvalue weighted by atomic mass is 9.95. The predicted molar refractivity (Wildman–Crippen MR) is 131 cm³/mol. The Kier molecular flexibility index (Phi) is 7.00. The molecule has 1 amide bonds. The van der Waals surface area contributed by atoms with Crippen molar-refractivity contribution in [2.45, 2.75) is 26.7 Å². The van der Waals surface area contributed by atoms with Crippen LogP contribution in [0.5, 0.6) is 0 Å². The van der Waals surface area contributed by atoms with Crippen molar-refractivity contribution in [2.75, 3.05) is 41.3 Å². The maximum absolute atomic E-state index is 12.8. The Bertz CT molecular complexity index is 1010. The number of nitrogens with one attached hydrogen (secondary N) is 1. The van der Waals surface area contributed by atoms with Crippen LogP contribution in [0, 0.1) is 5.92 Å². The molecule has 2 heterocycles. The lowest BCUT2D eigenvalue weighted by molar-refractivity contribution is -0.120. The van der Waals surface area contributed by atoms with E-state index in [4.69, 9.17) is 0 Å². The van der Waals surface area contributed by atoms with E-state index in [1.165, 1.54) is 5.69 Å². The Morgan fingerprint density at radius 2 is 1.69 bits per heavy atom. The quantitative estimate of drug-likeness (QED) is 0.582. The summed E-state index contributed by atoms with van der Waals surface area (Å²) in [5, 5.41) is 3.10. The van der Waals surface area contributed by atoms with Crippen molar-refractivity contribution >= 4 is 23.1 Å². The van der Waals surface area contributed by atoms with Crippen LogP contribution in [0.25, 0.3) is 11.3 Å². The molecule has 6 heteroatoms. The highest BCUT2D eigenvalue weighted by molar-refractivity contribution is 5.92. The highest BCUT2D eigenvalue weighted by Crippen LogP contribution is 2.26. The van der Waals surface area contributed by atoms with E-state index in [-0.39, 0.29) is 11.8 Å². The van der Waals surface area contributed by atoms with Gasteiger partial charge in [-0.2, -0.15) is 0 Å². The number of carbonyl (C=O) groups is 1. The number of nitrogens with zero attached hydrogens (tertiary/aromatic N) is 4. The number of amides is 1. The van der Waals surface area contributed by atoms with E-state index in [9.17, 15) is 4.79 Å². The van der Waals surface area contributed by atoms with Crippen LogP contribution < -0.4 is 15.1 Å². The van der Waals surface area contributed by atoms with Gasteiger partial charge >= 0.3 is 0 Å². The maximum Gasteiger partial charge on any atom is 0.227 e. The van der Waals surface area contributed by atoms with E-state index in [1.807, 2.05) is 36.4 Å². The van der Waals surface area contributed by atoms with Crippen molar-refractivity contribution in [2.24, 2.45) is 5.92 Å². The molecule has 1 fully saturated rings. The number of hydrogen-bond acceptors (Lipinski definition) is 5. The molecule has 1 aliphatic rings. The van der Waals surface area contributed by atoms with Crippen LogP contribution in [-0.4, -0.2) is 42.1 Å². The van der Waals surface area contributed by atoms with E-state index >= 15 is 0 Å². The molecule has 166 valence electrons. The summed E-state index contributed by atoms with van der Waals surface area (Å²) in [6.45, 7) is 7.86. The van der Waals surface area contributed by atoms with Crippen molar-refractivity contribution in [1.29, 1.82) is 0 Å². The van der Waals surface area contributed by atoms with E-state index in [0.717, 1.165) is 61.8 Å². The molecule has 1 saturated heterocycles. The first-order chi connectivity index (χ1) is 15.7. The number of anilines is 3. The molecule has 32 heavy (non-hydrogen) atoms. The minimum atomic E-state index is 0.0177. The first-order valence-electron chi connectivity index (χ1n) is 11.5. The second-order valence-corrected chi connectivity index (χ2v) is 8.10. The number of carbonyl (C=O) groups excluding carboxylic acids is 1. The summed E-state index contributed by atoms with van der Waals surface area (Å²) in [7, 11) is 0. The number of aromatic nitrogens is 2. The molecule has 0 spiro atoms. The highest BCUT2D eigenvalue weighted by atomic mass is 16.1. The van der Waals surface area contributed by atoms with Gasteiger partial charge in [-0.3, -0.25) is 4.79 Å². The minimum absolute atomic E-state index is 0.0177. The molecule has 1 N–H and O–H groups in total. The number of hydrogen-bond donors (Lipinski definition) is 1. The Balaban J connectivity index is 1.33. The molecule has 0 bridgehead atoms. The molecule has 0 radical (unpaired) electrons. The number of piperidine rings is 1. The molecule has 4 rings (SSSR count). The normalized spacial score (nSPS) is 14.2. The maximum atomic E-state index is 12.8. The largest absolute Gasteiger partial charge is 0.372 e. The molecule has 3 aromatic rings. The predicted octanol–water partition coefficient (Wildman–Crippen LogP) is 4.84. The van der Waals surface area contributed by atoms with Crippen LogP contribution in [0.4, 0.5) is 17.2 Å². The van der Waals surface area contributed by atoms with Gasteiger partial charge in [0.1, 0.15) is 12.1 Å². The van der Waals surface area contributed by atoms with Crippen molar-refractivity contribution in [3.8, 4) is 11.3 Å². The fraction of sp³-hybridized carbons (Fsp3) is 0.346. The Labute approximate surface area is 190 Å². The Morgan fingerprint density at radius 3 is 2.34 bits per heavy atom. The molecule has 0 atom stereocenters. The van der Waals surface area contributed by atoms with Crippen LogP contribution in [0.1, 0.15) is 26.7 Å². The summed E-state index contributed by atoms with van der Waals surface area (Å²) >= 11 is 0. The number of rotatable bonds is 7. The van der Waals surface area contributed by atoms with Gasteiger partial charge < -0.3 is 15.1 Å². The summed E-state index contributed by atoms with van der Waals surface area (Å²) in [5.41, 5.74) is 4.04. The average molecular weight is 430 g/mol. The van der Waals surface area contributed by atoms with Crippen LogP contribution in [-0.2, 0) is 4.79 Å². The van der Waals surface area contributed by atoms with Crippen molar-refractivity contribution in [1.82, 2.24) is 9.97 Å². The van der Waals surface area contributed by atoms with Crippen molar-refractivity contribution < 1.29 is 4.79 Å². The Morgan fingerprint density at radius 1 is 1.00 bits per heavy atom. The van der Waals surface area contributed by atoms with Crippen LogP contribution in [0.3, 0.4) is 0 Å². The lowest BCUT2D eigenvalue weighted by Crippen LogP contribution is -2.38. The third-order valence-corrected chi connectivity index (χ3v) is 6.18. The van der Waals surface area contributed by atoms with Crippen LogP contribution >= 0.6 is 0 Å². The number of benzene rings is 2. The van der Waals surface area contributed by atoms with Gasteiger partial charge in [0.25, 0.3) is 0 Å². The smallest absolute Gasteiger partial charge is 0.227 e. The van der Waals surface area contributed by atoms with Gasteiger partial charge in [0.2, 0.25) is 5.91 Å². The zero-order valence-corrected chi connectivity index (χ0v) is 18.9. The zero-order chi connectivity index (χ0) is 22.3. The molecule has 0 aliphatic carbocycles. The first kappa shape index (κ1) is 21.8. The van der Waals surface area contributed by atoms with E-state index < -0.39 is 0 Å². The second-order valence-electron chi connectivity index (χ2n) is 8.10. The van der Waals surface area contributed by atoms with Crippen molar-refractivity contribution in [3.05, 3.63) is 67.0 Å². The van der Waals surface area contributed by atoms with Gasteiger partial charge in [0.15, 0.2) is 0 Å². The summed E-state index contributed by atoms with van der Waals surface area (Å²) < 4.78 is 0. The van der Waals surface area contributed by atoms with Gasteiger partial charge in [-0.05, 0) is 51.0 Å². The first-order valence-corrected chi connectivity index (χ1v) is 11.5. The molecule has 0 unspecified atom stereocenters. The zero-order valence-electron chi connectivity index (χ0n) is 18.9. The van der Waals surface area contributed by atoms with Crippen molar-refractivity contribution in [3.63, 3.8) is 0 Å². The fourth-order valence-corrected chi connectivity index (χ4v) is 4.25. The summed E-state index contributed by atoms with van der Waals surface area (Å²) in [4.78, 5) is 26.2. The topological polar surface area (TPSA) is 61.4 Å². The van der Waals surface area contributed by atoms with Gasteiger partial charge in [-0.25, -0.2) is 9.97 Å². The van der Waals surface area contributed by atoms with Gasteiger partial charge in [0, 0.05) is 55.1 Å². The molecule has 1 aromatic heterocycles. The molecular formula is C26H31N5O. The monoisotopic (exact) mass is 429 g/mol. The summed E-state index contributed by atoms with van der Waals surface area (Å²) in [6, 6.07) is 20.3. The van der Waals surface area contributed by atoms with E-state index in [0.29, 0.717) is 0 Å². The third-order valence-electron chi connectivity index (χ3n) is 6.18. The van der Waals surface area contributed by atoms with Gasteiger partial charge in [0.05, 0.1) is 5.69 Å². The standard InChI is InChI=1S/C26H31N5O/c1-3-30(4-2)23-12-10-22(11-13-23)29-26(32)21-14-16-31(17-15-21)25-18-24(27-19-28-25)20-8-6-5-7-9-20/h5-13,18-19,21H,3-4,14-17H2,1-2H3,(H,29,32). The SMILES string of the molecule is CCN(CC)c1ccc(NC(=O)C2CCN(c3cc(-c4ccccc4)ncn3)CC2)cc1. The fourth-order valence-electron chi connectivity index (χ4n) is 4.25. The third kappa shape index (κ3) is 5.07. The lowest BCUT2D eigenvalue weighted by Gasteiger charge is -2.32. The van der Waals surface area contributed by atoms with Crippen LogP contribution in [0.15, 0.2) is 67.0 Å². The summed E-state index contributed by atoms with van der Waals surface area (Å²) in [5.74, 6) is 1.04. The molecule has 2 aromatic carbocycles. The minimum Gasteiger partial charge on any atom is -0.372 e. The average Bonchev–Trinajstić information content (AvgIpc) is 2.86. The second kappa shape index (κ2) is 10.3. The summed E-state index contributed by atoms with van der Waals surface area (Å²) in [6.07, 6.45) is 3.25. The van der Waals surface area contributed by atoms with E-state index in [1.54, 1.807) is 6.33 Å². The van der Waals surface area contributed by atoms with Gasteiger partial charge in [-0.15, -0.1) is 0 Å². The Hall–Kier alpha value is -3.41. The van der Waals surface area contributed by atoms with Crippen LogP contribution in [0.2, 0.25) is 0 Å². The molecule has 0 saturated carbocycles. The van der Waals surface area contributed by atoms with E-state index in [2.05, 4.69) is 63.2 Å². The molecular weight excluding hydrogens is 398 g/mol. The molecule has 1 aliphatic heterocycles.